The molecule has 0 N–H and O–H groups in total. The molecule has 0 unspecified atom stereocenters. The maximum absolute atomic E-state index is 13.7. The number of amides is 1. The molecule has 0 fully saturated rings. The van der Waals surface area contributed by atoms with Gasteiger partial charge in [-0.1, -0.05) is 36.4 Å². The fourth-order valence-corrected chi connectivity index (χ4v) is 3.95. The molecule has 0 spiro atoms. The number of fused-ring (bicyclic) bond motifs is 1. The Kier molecular flexibility index (Phi) is 5.21. The number of carbonyl (C=O) groups is 1. The summed E-state index contributed by atoms with van der Waals surface area (Å²) in [6, 6.07) is 19.3. The molecule has 4 rings (SSSR count). The van der Waals surface area contributed by atoms with Gasteiger partial charge in [-0.25, -0.2) is 4.39 Å². The molecule has 5 heteroatoms. The lowest BCUT2D eigenvalue weighted by Gasteiger charge is -2.38. The van der Waals surface area contributed by atoms with E-state index in [0.29, 0.717) is 30.0 Å². The zero-order chi connectivity index (χ0) is 20.4. The standard InChI is InChI=1S/C24H22FNO3/c1-28-21-14-17-11-12-26(24(27)18-9-6-10-19(25)13-18)23(16-7-4-3-5-8-16)20(17)15-22(21)29-2/h3-10,13-15,23H,11-12H2,1-2H3/t23-/m0/s1. The SMILES string of the molecule is COc1cc2c(cc1OC)[C@H](c1ccccc1)N(C(=O)c1cccc(F)c1)CC2. The maximum atomic E-state index is 13.7. The van der Waals surface area contributed by atoms with Gasteiger partial charge in [0.15, 0.2) is 11.5 Å². The molecule has 1 atom stereocenters. The molecule has 148 valence electrons. The van der Waals surface area contributed by atoms with Crippen molar-refractivity contribution in [2.24, 2.45) is 0 Å². The minimum Gasteiger partial charge on any atom is -0.493 e. The summed E-state index contributed by atoms with van der Waals surface area (Å²) in [5.41, 5.74) is 3.44. The molecule has 1 heterocycles. The van der Waals surface area contributed by atoms with Crippen LogP contribution < -0.4 is 9.47 Å². The van der Waals surface area contributed by atoms with Gasteiger partial charge in [0.05, 0.1) is 20.3 Å². The molecule has 4 nitrogen and oxygen atoms in total. The van der Waals surface area contributed by atoms with Crippen molar-refractivity contribution >= 4 is 5.91 Å². The predicted octanol–water partition coefficient (Wildman–Crippen LogP) is 4.63. The highest BCUT2D eigenvalue weighted by molar-refractivity contribution is 5.95. The number of hydrogen-bond donors (Lipinski definition) is 0. The van der Waals surface area contributed by atoms with Gasteiger partial charge in [0.2, 0.25) is 0 Å². The smallest absolute Gasteiger partial charge is 0.254 e. The second-order valence-electron chi connectivity index (χ2n) is 6.98. The third-order valence-electron chi connectivity index (χ3n) is 5.32. The average molecular weight is 391 g/mol. The molecule has 1 aliphatic rings. The summed E-state index contributed by atoms with van der Waals surface area (Å²) in [5.74, 6) is 0.671. The second kappa shape index (κ2) is 7.95. The predicted molar refractivity (Wildman–Crippen MR) is 109 cm³/mol. The Balaban J connectivity index is 1.84. The molecule has 1 aliphatic heterocycles. The lowest BCUT2D eigenvalue weighted by molar-refractivity contribution is 0.0693. The highest BCUT2D eigenvalue weighted by Crippen LogP contribution is 2.41. The van der Waals surface area contributed by atoms with Crippen molar-refractivity contribution < 1.29 is 18.7 Å². The van der Waals surface area contributed by atoms with E-state index in [1.54, 1.807) is 31.3 Å². The number of methoxy groups -OCH3 is 2. The van der Waals surface area contributed by atoms with Crippen LogP contribution in [0.1, 0.15) is 33.1 Å². The highest BCUT2D eigenvalue weighted by Gasteiger charge is 2.33. The van der Waals surface area contributed by atoms with Gasteiger partial charge in [-0.05, 0) is 53.4 Å². The molecule has 3 aromatic carbocycles. The van der Waals surface area contributed by atoms with Gasteiger partial charge in [0.1, 0.15) is 5.82 Å². The molecular formula is C24H22FNO3. The fraction of sp³-hybridized carbons (Fsp3) is 0.208. The van der Waals surface area contributed by atoms with Crippen molar-refractivity contribution in [2.45, 2.75) is 12.5 Å². The van der Waals surface area contributed by atoms with E-state index in [9.17, 15) is 9.18 Å². The minimum atomic E-state index is -0.420. The molecule has 1 amide bonds. The summed E-state index contributed by atoms with van der Waals surface area (Å²) in [6.07, 6.45) is 0.681. The van der Waals surface area contributed by atoms with Gasteiger partial charge < -0.3 is 14.4 Å². The Labute approximate surface area is 169 Å². The van der Waals surface area contributed by atoms with Crippen LogP contribution in [-0.4, -0.2) is 31.6 Å². The summed E-state index contributed by atoms with van der Waals surface area (Å²) < 4.78 is 24.7. The Morgan fingerprint density at radius 2 is 1.69 bits per heavy atom. The van der Waals surface area contributed by atoms with Crippen LogP contribution in [0.25, 0.3) is 0 Å². The quantitative estimate of drug-likeness (QED) is 0.651. The summed E-state index contributed by atoms with van der Waals surface area (Å²) in [7, 11) is 3.21. The maximum Gasteiger partial charge on any atom is 0.254 e. The Hall–Kier alpha value is -3.34. The zero-order valence-corrected chi connectivity index (χ0v) is 16.4. The fourth-order valence-electron chi connectivity index (χ4n) is 3.95. The number of nitrogens with zero attached hydrogens (tertiary/aromatic N) is 1. The van der Waals surface area contributed by atoms with Gasteiger partial charge in [0, 0.05) is 12.1 Å². The summed E-state index contributed by atoms with van der Waals surface area (Å²) in [6.45, 7) is 0.525. The number of benzene rings is 3. The number of ether oxygens (including phenoxy) is 2. The third kappa shape index (κ3) is 3.56. The average Bonchev–Trinajstić information content (AvgIpc) is 2.77. The van der Waals surface area contributed by atoms with Crippen molar-refractivity contribution in [3.05, 3.63) is 94.8 Å². The number of hydrogen-bond acceptors (Lipinski definition) is 3. The number of carbonyl (C=O) groups excluding carboxylic acids is 1. The van der Waals surface area contributed by atoms with Gasteiger partial charge in [-0.15, -0.1) is 0 Å². The Morgan fingerprint density at radius 1 is 0.966 bits per heavy atom. The van der Waals surface area contributed by atoms with Gasteiger partial charge in [-0.3, -0.25) is 4.79 Å². The van der Waals surface area contributed by atoms with Crippen LogP contribution in [0.5, 0.6) is 11.5 Å². The van der Waals surface area contributed by atoms with Crippen molar-refractivity contribution in [3.63, 3.8) is 0 Å². The van der Waals surface area contributed by atoms with E-state index in [-0.39, 0.29) is 11.9 Å². The van der Waals surface area contributed by atoms with E-state index in [1.165, 1.54) is 12.1 Å². The normalized spacial score (nSPS) is 15.6. The molecule has 0 radical (unpaired) electrons. The first-order valence-electron chi connectivity index (χ1n) is 9.48. The van der Waals surface area contributed by atoms with E-state index < -0.39 is 5.82 Å². The van der Waals surface area contributed by atoms with Gasteiger partial charge >= 0.3 is 0 Å². The summed E-state index contributed by atoms with van der Waals surface area (Å²) >= 11 is 0. The third-order valence-corrected chi connectivity index (χ3v) is 5.32. The molecule has 0 aromatic heterocycles. The first kappa shape index (κ1) is 19.0. The molecular weight excluding hydrogens is 369 g/mol. The van der Waals surface area contributed by atoms with E-state index in [2.05, 4.69) is 0 Å². The van der Waals surface area contributed by atoms with Crippen molar-refractivity contribution in [2.75, 3.05) is 20.8 Å². The van der Waals surface area contributed by atoms with E-state index in [4.69, 9.17) is 9.47 Å². The molecule has 0 saturated carbocycles. The molecule has 0 saturated heterocycles. The van der Waals surface area contributed by atoms with Crippen LogP contribution >= 0.6 is 0 Å². The van der Waals surface area contributed by atoms with E-state index in [0.717, 1.165) is 16.7 Å². The van der Waals surface area contributed by atoms with E-state index in [1.807, 2.05) is 42.5 Å². The minimum absolute atomic E-state index is 0.196. The van der Waals surface area contributed by atoms with E-state index >= 15 is 0 Å². The number of rotatable bonds is 4. The largest absolute Gasteiger partial charge is 0.493 e. The molecule has 0 aliphatic carbocycles. The van der Waals surface area contributed by atoms with Crippen LogP contribution in [0, 0.1) is 5.82 Å². The lowest BCUT2D eigenvalue weighted by atomic mass is 9.87. The monoisotopic (exact) mass is 391 g/mol. The summed E-state index contributed by atoms with van der Waals surface area (Å²) in [4.78, 5) is 15.1. The molecule has 3 aromatic rings. The topological polar surface area (TPSA) is 38.8 Å². The first-order valence-corrected chi connectivity index (χ1v) is 9.48. The lowest BCUT2D eigenvalue weighted by Crippen LogP contribution is -2.40. The Bertz CT molecular complexity index is 1040. The van der Waals surface area contributed by atoms with Crippen molar-refractivity contribution in [1.82, 2.24) is 4.90 Å². The Morgan fingerprint density at radius 3 is 2.38 bits per heavy atom. The van der Waals surface area contributed by atoms with Crippen LogP contribution in [0.4, 0.5) is 4.39 Å². The molecule has 0 bridgehead atoms. The second-order valence-corrected chi connectivity index (χ2v) is 6.98. The highest BCUT2D eigenvalue weighted by atomic mass is 19.1. The van der Waals surface area contributed by atoms with Gasteiger partial charge in [0.25, 0.3) is 5.91 Å². The van der Waals surface area contributed by atoms with Gasteiger partial charge in [-0.2, -0.15) is 0 Å². The van der Waals surface area contributed by atoms with Crippen LogP contribution in [0.2, 0.25) is 0 Å². The van der Waals surface area contributed by atoms with Crippen LogP contribution in [-0.2, 0) is 6.42 Å². The van der Waals surface area contributed by atoms with Crippen LogP contribution in [0.3, 0.4) is 0 Å². The van der Waals surface area contributed by atoms with Crippen molar-refractivity contribution in [3.8, 4) is 11.5 Å². The summed E-state index contributed by atoms with van der Waals surface area (Å²) in [5, 5.41) is 0. The zero-order valence-electron chi connectivity index (χ0n) is 16.4. The first-order chi connectivity index (χ1) is 14.1. The van der Waals surface area contributed by atoms with Crippen LogP contribution in [0.15, 0.2) is 66.7 Å². The number of halogens is 1. The van der Waals surface area contributed by atoms with Crippen molar-refractivity contribution in [1.29, 1.82) is 0 Å². The molecule has 29 heavy (non-hydrogen) atoms.